The number of nitrogens with one attached hydrogen (secondary N) is 1. The molecule has 2 aromatic heterocycles. The van der Waals surface area contributed by atoms with Gasteiger partial charge < -0.3 is 14.6 Å². The average molecular weight is 391 g/mol. The van der Waals surface area contributed by atoms with E-state index in [2.05, 4.69) is 21.0 Å². The third-order valence-electron chi connectivity index (χ3n) is 5.11. The van der Waals surface area contributed by atoms with Crippen LogP contribution in [0.3, 0.4) is 0 Å². The summed E-state index contributed by atoms with van der Waals surface area (Å²) in [5.41, 5.74) is 2.07. The Labute approximate surface area is 170 Å². The highest BCUT2D eigenvalue weighted by atomic mass is 16.5. The van der Waals surface area contributed by atoms with Crippen LogP contribution in [0.2, 0.25) is 0 Å². The van der Waals surface area contributed by atoms with Gasteiger partial charge in [-0.25, -0.2) is 4.98 Å². The van der Waals surface area contributed by atoms with Gasteiger partial charge in [0.25, 0.3) is 5.56 Å². The number of aromatic nitrogens is 3. The normalized spacial score (nSPS) is 13.0. The number of anilines is 1. The number of benzene rings is 1. The molecule has 7 nitrogen and oxygen atoms in total. The number of aromatic amines is 1. The Morgan fingerprint density at radius 2 is 2.00 bits per heavy atom. The molecule has 0 aliphatic rings. The highest BCUT2D eigenvalue weighted by Crippen LogP contribution is 2.30. The number of nitrogens with zero attached hydrogens (tertiary/aromatic N) is 4. The molecule has 1 unspecified atom stereocenters. The van der Waals surface area contributed by atoms with E-state index in [0.29, 0.717) is 24.4 Å². The lowest BCUT2D eigenvalue weighted by molar-refractivity contribution is 0.377. The van der Waals surface area contributed by atoms with Gasteiger partial charge >= 0.3 is 6.01 Å². The van der Waals surface area contributed by atoms with E-state index in [1.807, 2.05) is 63.2 Å². The summed E-state index contributed by atoms with van der Waals surface area (Å²) < 4.78 is 5.22. The molecule has 0 aliphatic carbocycles. The van der Waals surface area contributed by atoms with Crippen molar-refractivity contribution in [2.24, 2.45) is 0 Å². The maximum absolute atomic E-state index is 12.2. The topological polar surface area (TPSA) is 94.9 Å². The van der Waals surface area contributed by atoms with Crippen molar-refractivity contribution in [3.63, 3.8) is 0 Å². The van der Waals surface area contributed by atoms with Crippen LogP contribution in [0.15, 0.2) is 35.1 Å². The van der Waals surface area contributed by atoms with Gasteiger partial charge in [0.05, 0.1) is 24.3 Å². The van der Waals surface area contributed by atoms with Crippen LogP contribution >= 0.6 is 0 Å². The van der Waals surface area contributed by atoms with Crippen molar-refractivity contribution in [2.45, 2.75) is 32.1 Å². The van der Waals surface area contributed by atoms with Crippen LogP contribution in [-0.2, 0) is 18.3 Å². The van der Waals surface area contributed by atoms with Crippen molar-refractivity contribution >= 4 is 16.7 Å². The molecule has 3 aromatic rings. The van der Waals surface area contributed by atoms with Crippen LogP contribution in [0.1, 0.15) is 30.7 Å². The number of nitriles is 1. The number of hydrogen-bond donors (Lipinski definition) is 1. The molecule has 1 atom stereocenters. The first-order chi connectivity index (χ1) is 13.8. The molecule has 3 rings (SSSR count). The van der Waals surface area contributed by atoms with E-state index in [4.69, 9.17) is 4.74 Å². The van der Waals surface area contributed by atoms with Crippen molar-refractivity contribution in [3.05, 3.63) is 57.5 Å². The molecule has 150 valence electrons. The molecule has 0 bridgehead atoms. The smallest absolute Gasteiger partial charge is 0.318 e. The molecule has 0 radical (unpaired) electrons. The average Bonchev–Trinajstić information content (AvgIpc) is 2.72. The largest absolute Gasteiger partial charge is 0.467 e. The molecule has 0 saturated heterocycles. The van der Waals surface area contributed by atoms with Gasteiger partial charge in [-0.1, -0.05) is 19.1 Å². The standard InChI is InChI=1S/C22H25N5O2/c1-6-14-9-15-7-8-16(10-18(15)25-20(14)28)22(2,13-23)12-17-11-19(27(3)4)26-21(24-17)29-5/h7-11H,6,12H2,1-5H3,(H,25,28). The van der Waals surface area contributed by atoms with Gasteiger partial charge in [-0.05, 0) is 36.4 Å². The SMILES string of the molecule is CCc1cc2ccc(C(C)(C#N)Cc3cc(N(C)C)nc(OC)n3)cc2[nH]c1=O. The van der Waals surface area contributed by atoms with Crippen LogP contribution in [0.4, 0.5) is 5.82 Å². The minimum absolute atomic E-state index is 0.0908. The molecule has 0 spiro atoms. The minimum Gasteiger partial charge on any atom is -0.467 e. The molecule has 0 saturated carbocycles. The van der Waals surface area contributed by atoms with E-state index in [0.717, 1.165) is 22.0 Å². The minimum atomic E-state index is -0.836. The molecule has 0 amide bonds. The van der Waals surface area contributed by atoms with Gasteiger partial charge in [0, 0.05) is 37.7 Å². The van der Waals surface area contributed by atoms with Gasteiger partial charge in [0.2, 0.25) is 0 Å². The first-order valence-electron chi connectivity index (χ1n) is 9.46. The number of fused-ring (bicyclic) bond motifs is 1. The Hall–Kier alpha value is -3.40. The summed E-state index contributed by atoms with van der Waals surface area (Å²) in [6, 6.07) is 12.2. The zero-order valence-corrected chi connectivity index (χ0v) is 17.4. The predicted molar refractivity (Wildman–Crippen MR) is 114 cm³/mol. The number of H-pyrrole nitrogens is 1. The first kappa shape index (κ1) is 20.3. The third-order valence-corrected chi connectivity index (χ3v) is 5.11. The number of pyridine rings is 1. The fourth-order valence-corrected chi connectivity index (χ4v) is 3.29. The van der Waals surface area contributed by atoms with E-state index >= 15 is 0 Å². The Morgan fingerprint density at radius 1 is 1.24 bits per heavy atom. The Morgan fingerprint density at radius 3 is 2.62 bits per heavy atom. The summed E-state index contributed by atoms with van der Waals surface area (Å²) in [5.74, 6) is 0.710. The zero-order chi connectivity index (χ0) is 21.2. The quantitative estimate of drug-likeness (QED) is 0.694. The molecule has 7 heteroatoms. The first-order valence-corrected chi connectivity index (χ1v) is 9.46. The van der Waals surface area contributed by atoms with E-state index in [1.165, 1.54) is 7.11 Å². The van der Waals surface area contributed by atoms with Crippen LogP contribution < -0.4 is 15.2 Å². The second kappa shape index (κ2) is 7.92. The summed E-state index contributed by atoms with van der Waals surface area (Å²) >= 11 is 0. The van der Waals surface area contributed by atoms with Gasteiger partial charge in [-0.2, -0.15) is 10.2 Å². The second-order valence-corrected chi connectivity index (χ2v) is 7.50. The van der Waals surface area contributed by atoms with Gasteiger partial charge in [0.1, 0.15) is 5.82 Å². The maximum atomic E-state index is 12.2. The van der Waals surface area contributed by atoms with E-state index in [-0.39, 0.29) is 11.6 Å². The summed E-state index contributed by atoms with van der Waals surface area (Å²) in [7, 11) is 5.30. The molecule has 1 N–H and O–H groups in total. The lowest BCUT2D eigenvalue weighted by Crippen LogP contribution is -2.24. The fourth-order valence-electron chi connectivity index (χ4n) is 3.29. The number of aryl methyl sites for hydroxylation is 1. The summed E-state index contributed by atoms with van der Waals surface area (Å²) in [5, 5.41) is 11.0. The lowest BCUT2D eigenvalue weighted by Gasteiger charge is -2.23. The molecule has 0 fully saturated rings. The highest BCUT2D eigenvalue weighted by Gasteiger charge is 2.29. The highest BCUT2D eigenvalue weighted by molar-refractivity contribution is 5.80. The number of hydrogen-bond acceptors (Lipinski definition) is 6. The zero-order valence-electron chi connectivity index (χ0n) is 17.4. The molecule has 1 aromatic carbocycles. The van der Waals surface area contributed by atoms with Crippen LogP contribution in [0.25, 0.3) is 10.9 Å². The van der Waals surface area contributed by atoms with Crippen molar-refractivity contribution in [1.29, 1.82) is 5.26 Å². The van der Waals surface area contributed by atoms with E-state index in [9.17, 15) is 10.1 Å². The second-order valence-electron chi connectivity index (χ2n) is 7.50. The Balaban J connectivity index is 2.05. The van der Waals surface area contributed by atoms with Crippen LogP contribution in [-0.4, -0.2) is 36.2 Å². The van der Waals surface area contributed by atoms with Crippen molar-refractivity contribution in [1.82, 2.24) is 15.0 Å². The molecule has 2 heterocycles. The monoisotopic (exact) mass is 391 g/mol. The van der Waals surface area contributed by atoms with Gasteiger partial charge in [0.15, 0.2) is 0 Å². The van der Waals surface area contributed by atoms with Crippen molar-refractivity contribution < 1.29 is 4.74 Å². The summed E-state index contributed by atoms with van der Waals surface area (Å²) in [6.07, 6.45) is 1.05. The predicted octanol–water partition coefficient (Wildman–Crippen LogP) is 2.98. The summed E-state index contributed by atoms with van der Waals surface area (Å²) in [6.45, 7) is 3.83. The van der Waals surface area contributed by atoms with Crippen LogP contribution in [0, 0.1) is 11.3 Å². The maximum Gasteiger partial charge on any atom is 0.318 e. The molecule has 29 heavy (non-hydrogen) atoms. The number of rotatable bonds is 6. The van der Waals surface area contributed by atoms with Gasteiger partial charge in [-0.3, -0.25) is 4.79 Å². The molecular weight excluding hydrogens is 366 g/mol. The van der Waals surface area contributed by atoms with Gasteiger partial charge in [-0.15, -0.1) is 0 Å². The third kappa shape index (κ3) is 4.06. The lowest BCUT2D eigenvalue weighted by atomic mass is 9.79. The van der Waals surface area contributed by atoms with Crippen LogP contribution in [0.5, 0.6) is 6.01 Å². The van der Waals surface area contributed by atoms with Crippen molar-refractivity contribution in [3.8, 4) is 12.1 Å². The van der Waals surface area contributed by atoms with E-state index < -0.39 is 5.41 Å². The molecular formula is C22H25N5O2. The summed E-state index contributed by atoms with van der Waals surface area (Å²) in [4.78, 5) is 25.7. The van der Waals surface area contributed by atoms with E-state index in [1.54, 1.807) is 0 Å². The molecule has 0 aliphatic heterocycles. The Bertz CT molecular complexity index is 1150. The Kier molecular flexibility index (Phi) is 5.55. The fraction of sp³-hybridized carbons (Fsp3) is 0.364. The number of ether oxygens (including phenoxy) is 1. The van der Waals surface area contributed by atoms with Crippen molar-refractivity contribution in [2.75, 3.05) is 26.1 Å². The number of methoxy groups -OCH3 is 1.